The molecule has 2 aliphatic heterocycles. The zero-order valence-electron chi connectivity index (χ0n) is 14.1. The minimum Gasteiger partial charge on any atom is -0.465 e. The molecule has 0 saturated carbocycles. The standard InChI is InChI=1S/C18H22N2O5/c1-12-7-14(10-19(12)17(22)23)9-16(21)20-15(11-25-18(20)24)8-13-5-3-2-4-6-13/h2-6,12,14-15H,7-11H2,1H3,(H,22,23)/t12-,14-,15+/m1/s1. The molecule has 3 atom stereocenters. The van der Waals surface area contributed by atoms with Gasteiger partial charge in [0.15, 0.2) is 0 Å². The van der Waals surface area contributed by atoms with Crippen LogP contribution >= 0.6 is 0 Å². The molecule has 0 radical (unpaired) electrons. The summed E-state index contributed by atoms with van der Waals surface area (Å²) < 4.78 is 5.08. The number of ether oxygens (including phenoxy) is 1. The van der Waals surface area contributed by atoms with E-state index in [-0.39, 0.29) is 36.9 Å². The number of nitrogens with zero attached hydrogens (tertiary/aromatic N) is 2. The van der Waals surface area contributed by atoms with Gasteiger partial charge in [0.2, 0.25) is 5.91 Å². The molecule has 0 spiro atoms. The van der Waals surface area contributed by atoms with Gasteiger partial charge < -0.3 is 14.7 Å². The summed E-state index contributed by atoms with van der Waals surface area (Å²) in [5.74, 6) is -0.350. The zero-order valence-corrected chi connectivity index (χ0v) is 14.1. The summed E-state index contributed by atoms with van der Waals surface area (Å²) in [6.07, 6.45) is -0.226. The van der Waals surface area contributed by atoms with Crippen molar-refractivity contribution in [3.63, 3.8) is 0 Å². The predicted octanol–water partition coefficient (Wildman–Crippen LogP) is 2.35. The van der Waals surface area contributed by atoms with Gasteiger partial charge in [-0.25, -0.2) is 14.5 Å². The van der Waals surface area contributed by atoms with Crippen molar-refractivity contribution >= 4 is 18.1 Å². The lowest BCUT2D eigenvalue weighted by Gasteiger charge is -2.21. The predicted molar refractivity (Wildman–Crippen MR) is 89.0 cm³/mol. The minimum absolute atomic E-state index is 0.0654. The summed E-state index contributed by atoms with van der Waals surface area (Å²) in [4.78, 5) is 38.4. The number of carbonyl (C=O) groups is 3. The van der Waals surface area contributed by atoms with E-state index < -0.39 is 12.2 Å². The molecular weight excluding hydrogens is 324 g/mol. The summed E-state index contributed by atoms with van der Waals surface area (Å²) in [5, 5.41) is 9.15. The van der Waals surface area contributed by atoms with Crippen LogP contribution in [-0.2, 0) is 16.0 Å². The molecule has 0 aromatic heterocycles. The van der Waals surface area contributed by atoms with Crippen LogP contribution in [0.25, 0.3) is 0 Å². The summed E-state index contributed by atoms with van der Waals surface area (Å²) in [7, 11) is 0. The monoisotopic (exact) mass is 346 g/mol. The van der Waals surface area contributed by atoms with E-state index >= 15 is 0 Å². The Morgan fingerprint density at radius 3 is 2.64 bits per heavy atom. The van der Waals surface area contributed by atoms with E-state index in [4.69, 9.17) is 9.84 Å². The average Bonchev–Trinajstić information content (AvgIpc) is 3.11. The van der Waals surface area contributed by atoms with Crippen LogP contribution < -0.4 is 0 Å². The van der Waals surface area contributed by atoms with Crippen molar-refractivity contribution < 1.29 is 24.2 Å². The molecule has 2 saturated heterocycles. The fourth-order valence-electron chi connectivity index (χ4n) is 3.70. The average molecular weight is 346 g/mol. The van der Waals surface area contributed by atoms with Crippen LogP contribution in [0.1, 0.15) is 25.3 Å². The number of hydrogen-bond acceptors (Lipinski definition) is 4. The Hall–Kier alpha value is -2.57. The van der Waals surface area contributed by atoms with Crippen LogP contribution in [0.4, 0.5) is 9.59 Å². The van der Waals surface area contributed by atoms with Crippen molar-refractivity contribution in [3.05, 3.63) is 35.9 Å². The van der Waals surface area contributed by atoms with Crippen molar-refractivity contribution in [1.29, 1.82) is 0 Å². The van der Waals surface area contributed by atoms with Crippen molar-refractivity contribution in [3.8, 4) is 0 Å². The Balaban J connectivity index is 1.63. The lowest BCUT2D eigenvalue weighted by Crippen LogP contribution is -2.41. The van der Waals surface area contributed by atoms with E-state index in [1.165, 1.54) is 9.80 Å². The molecule has 1 aromatic carbocycles. The zero-order chi connectivity index (χ0) is 18.0. The second kappa shape index (κ2) is 7.13. The SMILES string of the molecule is C[C@@H]1C[C@H](CC(=O)N2C(=O)OC[C@@H]2Cc2ccccc2)CN1C(=O)O. The maximum absolute atomic E-state index is 12.7. The highest BCUT2D eigenvalue weighted by atomic mass is 16.6. The first-order valence-corrected chi connectivity index (χ1v) is 8.48. The Morgan fingerprint density at radius 2 is 2.00 bits per heavy atom. The summed E-state index contributed by atoms with van der Waals surface area (Å²) in [6, 6.07) is 9.23. The molecule has 134 valence electrons. The quantitative estimate of drug-likeness (QED) is 0.904. The molecule has 7 heteroatoms. The van der Waals surface area contributed by atoms with Gasteiger partial charge in [-0.2, -0.15) is 0 Å². The molecule has 0 bridgehead atoms. The highest BCUT2D eigenvalue weighted by Gasteiger charge is 2.40. The number of hydrogen-bond donors (Lipinski definition) is 1. The molecule has 3 amide bonds. The number of rotatable bonds is 4. The summed E-state index contributed by atoms with van der Waals surface area (Å²) >= 11 is 0. The van der Waals surface area contributed by atoms with Gasteiger partial charge in [0, 0.05) is 19.0 Å². The fourth-order valence-corrected chi connectivity index (χ4v) is 3.70. The molecule has 1 N–H and O–H groups in total. The van der Waals surface area contributed by atoms with E-state index in [9.17, 15) is 14.4 Å². The van der Waals surface area contributed by atoms with Crippen LogP contribution in [0.3, 0.4) is 0 Å². The molecule has 7 nitrogen and oxygen atoms in total. The lowest BCUT2D eigenvalue weighted by atomic mass is 10.0. The largest absolute Gasteiger partial charge is 0.465 e. The number of imide groups is 1. The van der Waals surface area contributed by atoms with Crippen molar-refractivity contribution in [2.24, 2.45) is 5.92 Å². The molecule has 2 fully saturated rings. The van der Waals surface area contributed by atoms with Gasteiger partial charge in [0.1, 0.15) is 6.61 Å². The number of likely N-dealkylation sites (tertiary alicyclic amines) is 1. The molecular formula is C18H22N2O5. The van der Waals surface area contributed by atoms with E-state index in [1.54, 1.807) is 0 Å². The minimum atomic E-state index is -0.968. The van der Waals surface area contributed by atoms with Crippen molar-refractivity contribution in [2.75, 3.05) is 13.2 Å². The molecule has 0 aliphatic carbocycles. The van der Waals surface area contributed by atoms with Crippen LogP contribution in [0.5, 0.6) is 0 Å². The molecule has 0 unspecified atom stereocenters. The molecule has 1 aromatic rings. The van der Waals surface area contributed by atoms with Gasteiger partial charge in [-0.05, 0) is 31.2 Å². The van der Waals surface area contributed by atoms with Crippen molar-refractivity contribution in [1.82, 2.24) is 9.80 Å². The Morgan fingerprint density at radius 1 is 1.28 bits per heavy atom. The lowest BCUT2D eigenvalue weighted by molar-refractivity contribution is -0.130. The van der Waals surface area contributed by atoms with Gasteiger partial charge in [0.05, 0.1) is 6.04 Å². The van der Waals surface area contributed by atoms with E-state index in [0.29, 0.717) is 19.4 Å². The van der Waals surface area contributed by atoms with Crippen molar-refractivity contribution in [2.45, 2.75) is 38.3 Å². The topological polar surface area (TPSA) is 87.2 Å². The normalized spacial score (nSPS) is 26.0. The first kappa shape index (κ1) is 17.3. The second-order valence-electron chi connectivity index (χ2n) is 6.77. The van der Waals surface area contributed by atoms with Gasteiger partial charge in [-0.3, -0.25) is 4.79 Å². The van der Waals surface area contributed by atoms with Crippen LogP contribution in [0.2, 0.25) is 0 Å². The third kappa shape index (κ3) is 3.75. The molecule has 2 aliphatic rings. The third-order valence-corrected chi connectivity index (χ3v) is 4.91. The maximum Gasteiger partial charge on any atom is 0.416 e. The van der Waals surface area contributed by atoms with Gasteiger partial charge in [-0.1, -0.05) is 30.3 Å². The Bertz CT molecular complexity index is 663. The fraction of sp³-hybridized carbons (Fsp3) is 0.500. The van der Waals surface area contributed by atoms with Gasteiger partial charge in [-0.15, -0.1) is 0 Å². The molecule has 3 rings (SSSR count). The number of benzene rings is 1. The molecule has 25 heavy (non-hydrogen) atoms. The number of cyclic esters (lactones) is 1. The first-order valence-electron chi connectivity index (χ1n) is 8.48. The highest BCUT2D eigenvalue weighted by Crippen LogP contribution is 2.28. The van der Waals surface area contributed by atoms with Crippen LogP contribution in [-0.4, -0.2) is 58.2 Å². The summed E-state index contributed by atoms with van der Waals surface area (Å²) in [6.45, 7) is 2.36. The highest BCUT2D eigenvalue weighted by molar-refractivity contribution is 5.93. The van der Waals surface area contributed by atoms with E-state index in [1.807, 2.05) is 37.3 Å². The number of carbonyl (C=O) groups excluding carboxylic acids is 2. The smallest absolute Gasteiger partial charge is 0.416 e. The van der Waals surface area contributed by atoms with Gasteiger partial charge in [0.25, 0.3) is 0 Å². The third-order valence-electron chi connectivity index (χ3n) is 4.91. The first-order chi connectivity index (χ1) is 12.0. The van der Waals surface area contributed by atoms with Gasteiger partial charge >= 0.3 is 12.2 Å². The maximum atomic E-state index is 12.7. The van der Waals surface area contributed by atoms with E-state index in [2.05, 4.69) is 0 Å². The Kier molecular flexibility index (Phi) is 4.92. The Labute approximate surface area is 146 Å². The second-order valence-corrected chi connectivity index (χ2v) is 6.77. The van der Waals surface area contributed by atoms with Crippen LogP contribution in [0, 0.1) is 5.92 Å². The number of amides is 3. The summed E-state index contributed by atoms with van der Waals surface area (Å²) in [5.41, 5.74) is 1.04. The number of carboxylic acid groups (broad SMARTS) is 1. The van der Waals surface area contributed by atoms with Crippen LogP contribution in [0.15, 0.2) is 30.3 Å². The van der Waals surface area contributed by atoms with E-state index in [0.717, 1.165) is 5.56 Å². The molecule has 2 heterocycles.